The van der Waals surface area contributed by atoms with Gasteiger partial charge in [-0.25, -0.2) is 8.42 Å². The van der Waals surface area contributed by atoms with Gasteiger partial charge in [-0.15, -0.1) is 0 Å². The zero-order chi connectivity index (χ0) is 21.6. The van der Waals surface area contributed by atoms with E-state index in [0.29, 0.717) is 30.2 Å². The van der Waals surface area contributed by atoms with Crippen LogP contribution >= 0.6 is 0 Å². The van der Waals surface area contributed by atoms with Crippen molar-refractivity contribution in [3.8, 4) is 11.5 Å². The van der Waals surface area contributed by atoms with E-state index in [9.17, 15) is 13.2 Å². The number of carbonyl (C=O) groups excluding carboxylic acids is 1. The Balaban J connectivity index is 1.81. The van der Waals surface area contributed by atoms with E-state index < -0.39 is 10.0 Å². The maximum Gasteiger partial charge on any atom is 0.248 e. The Morgan fingerprint density at radius 3 is 2.47 bits per heavy atom. The van der Waals surface area contributed by atoms with Crippen LogP contribution in [-0.2, 0) is 19.6 Å². The van der Waals surface area contributed by atoms with Gasteiger partial charge >= 0.3 is 0 Å². The lowest BCUT2D eigenvalue weighted by molar-refractivity contribution is -0.111. The van der Waals surface area contributed by atoms with Crippen molar-refractivity contribution in [1.29, 1.82) is 0 Å². The number of hydrogen-bond donors (Lipinski definition) is 1. The van der Waals surface area contributed by atoms with Crippen LogP contribution in [0, 0.1) is 0 Å². The number of anilines is 1. The number of para-hydroxylation sites is 2. The molecular weight excluding hydrogens is 408 g/mol. The Kier molecular flexibility index (Phi) is 7.09. The highest BCUT2D eigenvalue weighted by atomic mass is 32.2. The molecule has 30 heavy (non-hydrogen) atoms. The molecule has 1 aliphatic rings. The Morgan fingerprint density at radius 1 is 1.07 bits per heavy atom. The summed E-state index contributed by atoms with van der Waals surface area (Å²) in [5.74, 6) is 0.424. The van der Waals surface area contributed by atoms with E-state index in [-0.39, 0.29) is 29.6 Å². The Labute approximate surface area is 176 Å². The number of benzene rings is 2. The predicted molar refractivity (Wildman–Crippen MR) is 113 cm³/mol. The highest BCUT2D eigenvalue weighted by Crippen LogP contribution is 2.29. The van der Waals surface area contributed by atoms with Gasteiger partial charge in [0, 0.05) is 19.2 Å². The zero-order valence-corrected chi connectivity index (χ0v) is 17.6. The van der Waals surface area contributed by atoms with Crippen LogP contribution in [0.3, 0.4) is 0 Å². The lowest BCUT2D eigenvalue weighted by atomic mass is 10.2. The van der Waals surface area contributed by atoms with Gasteiger partial charge in [-0.3, -0.25) is 4.79 Å². The van der Waals surface area contributed by atoms with Crippen molar-refractivity contribution in [2.45, 2.75) is 4.90 Å². The van der Waals surface area contributed by atoms with Crippen LogP contribution in [0.5, 0.6) is 11.5 Å². The highest BCUT2D eigenvalue weighted by molar-refractivity contribution is 7.89. The molecule has 1 aliphatic heterocycles. The van der Waals surface area contributed by atoms with Crippen LogP contribution in [0.4, 0.5) is 5.69 Å². The van der Waals surface area contributed by atoms with E-state index in [4.69, 9.17) is 14.2 Å². The summed E-state index contributed by atoms with van der Waals surface area (Å²) in [6.45, 7) is 1.27. The maximum atomic E-state index is 13.0. The summed E-state index contributed by atoms with van der Waals surface area (Å²) in [4.78, 5) is 12.3. The molecule has 1 heterocycles. The minimum atomic E-state index is -3.75. The monoisotopic (exact) mass is 432 g/mol. The van der Waals surface area contributed by atoms with Gasteiger partial charge < -0.3 is 19.5 Å². The minimum Gasteiger partial charge on any atom is -0.495 e. The Morgan fingerprint density at radius 2 is 1.77 bits per heavy atom. The fraction of sp³-hybridized carbons (Fsp3) is 0.286. The second-order valence-electron chi connectivity index (χ2n) is 6.45. The van der Waals surface area contributed by atoms with Crippen LogP contribution in [0.15, 0.2) is 53.4 Å². The van der Waals surface area contributed by atoms with E-state index in [1.807, 2.05) is 0 Å². The maximum absolute atomic E-state index is 13.0. The van der Waals surface area contributed by atoms with Crippen molar-refractivity contribution in [3.63, 3.8) is 0 Å². The van der Waals surface area contributed by atoms with E-state index >= 15 is 0 Å². The fourth-order valence-corrected chi connectivity index (χ4v) is 4.62. The highest BCUT2D eigenvalue weighted by Gasteiger charge is 2.29. The second kappa shape index (κ2) is 9.75. The van der Waals surface area contributed by atoms with E-state index in [1.165, 1.54) is 30.7 Å². The number of amides is 1. The van der Waals surface area contributed by atoms with Crippen molar-refractivity contribution >= 4 is 27.7 Å². The molecule has 1 N–H and O–H groups in total. The smallest absolute Gasteiger partial charge is 0.248 e. The first kappa shape index (κ1) is 21.8. The third kappa shape index (κ3) is 4.99. The Hall–Kier alpha value is -2.88. The first-order valence-electron chi connectivity index (χ1n) is 9.33. The number of rotatable bonds is 7. The molecule has 0 saturated carbocycles. The van der Waals surface area contributed by atoms with Gasteiger partial charge in [0.2, 0.25) is 15.9 Å². The molecule has 0 unspecified atom stereocenters. The molecule has 1 fully saturated rings. The lowest BCUT2D eigenvalue weighted by Gasteiger charge is -2.26. The third-order valence-corrected chi connectivity index (χ3v) is 6.49. The molecule has 0 bridgehead atoms. The molecule has 9 heteroatoms. The van der Waals surface area contributed by atoms with Crippen molar-refractivity contribution < 1.29 is 27.4 Å². The molecule has 0 aromatic heterocycles. The van der Waals surface area contributed by atoms with Gasteiger partial charge in [0.1, 0.15) is 16.4 Å². The topological polar surface area (TPSA) is 94.2 Å². The van der Waals surface area contributed by atoms with Crippen LogP contribution in [0.25, 0.3) is 6.08 Å². The molecule has 0 aliphatic carbocycles. The summed E-state index contributed by atoms with van der Waals surface area (Å²) in [6, 6.07) is 11.8. The number of nitrogens with zero attached hydrogens (tertiary/aromatic N) is 1. The molecule has 3 rings (SSSR count). The van der Waals surface area contributed by atoms with Gasteiger partial charge in [0.25, 0.3) is 0 Å². The molecule has 2 aromatic carbocycles. The summed E-state index contributed by atoms with van der Waals surface area (Å²) in [5, 5.41) is 2.74. The summed E-state index contributed by atoms with van der Waals surface area (Å²) in [7, 11) is -0.803. The number of sulfonamides is 1. The van der Waals surface area contributed by atoms with E-state index in [0.717, 1.165) is 0 Å². The lowest BCUT2D eigenvalue weighted by Crippen LogP contribution is -2.40. The molecule has 1 saturated heterocycles. The van der Waals surface area contributed by atoms with Gasteiger partial charge in [-0.1, -0.05) is 18.2 Å². The quantitative estimate of drug-likeness (QED) is 0.675. The first-order chi connectivity index (χ1) is 14.5. The Bertz CT molecular complexity index is 1030. The number of nitrogens with one attached hydrogen (secondary N) is 1. The van der Waals surface area contributed by atoms with Crippen LogP contribution in [0.2, 0.25) is 0 Å². The molecular formula is C21H24N2O6S. The zero-order valence-electron chi connectivity index (χ0n) is 16.8. The average Bonchev–Trinajstić information content (AvgIpc) is 2.78. The van der Waals surface area contributed by atoms with Crippen LogP contribution in [0.1, 0.15) is 5.56 Å². The van der Waals surface area contributed by atoms with Crippen molar-refractivity contribution in [2.75, 3.05) is 45.8 Å². The molecule has 0 atom stereocenters. The third-order valence-electron chi connectivity index (χ3n) is 4.57. The largest absolute Gasteiger partial charge is 0.495 e. The molecule has 160 valence electrons. The number of morpholine rings is 1. The molecule has 1 amide bonds. The predicted octanol–water partition coefficient (Wildman–Crippen LogP) is 2.38. The molecule has 0 radical (unpaired) electrons. The first-order valence-corrected chi connectivity index (χ1v) is 10.8. The second-order valence-corrected chi connectivity index (χ2v) is 8.36. The summed E-state index contributed by atoms with van der Waals surface area (Å²) < 4.78 is 43.2. The summed E-state index contributed by atoms with van der Waals surface area (Å²) in [5.41, 5.74) is 1.10. The normalized spacial score (nSPS) is 15.1. The van der Waals surface area contributed by atoms with Crippen molar-refractivity contribution in [3.05, 3.63) is 54.1 Å². The van der Waals surface area contributed by atoms with Gasteiger partial charge in [0.05, 0.1) is 33.1 Å². The standard InChI is InChI=1S/C21H24N2O6S/c1-27-18-6-4-3-5-17(18)22-21(24)10-8-16-7-9-19(28-2)20(15-16)30(25,26)23-11-13-29-14-12-23/h3-10,15H,11-14H2,1-2H3,(H,22,24)/b10-8+. The van der Waals surface area contributed by atoms with Crippen molar-refractivity contribution in [1.82, 2.24) is 4.31 Å². The van der Waals surface area contributed by atoms with Crippen LogP contribution < -0.4 is 14.8 Å². The summed E-state index contributed by atoms with van der Waals surface area (Å²) in [6.07, 6.45) is 2.88. The number of carbonyl (C=O) groups is 1. The molecule has 0 spiro atoms. The fourth-order valence-electron chi connectivity index (χ4n) is 3.02. The number of ether oxygens (including phenoxy) is 3. The van der Waals surface area contributed by atoms with Gasteiger partial charge in [-0.2, -0.15) is 4.31 Å². The minimum absolute atomic E-state index is 0.0548. The SMILES string of the molecule is COc1ccccc1NC(=O)/C=C/c1ccc(OC)c(S(=O)(=O)N2CCOCC2)c1. The van der Waals surface area contributed by atoms with Crippen molar-refractivity contribution in [2.24, 2.45) is 0 Å². The van der Waals surface area contributed by atoms with E-state index in [1.54, 1.807) is 42.5 Å². The average molecular weight is 432 g/mol. The number of methoxy groups -OCH3 is 2. The van der Waals surface area contributed by atoms with Crippen LogP contribution in [-0.4, -0.2) is 59.2 Å². The van der Waals surface area contributed by atoms with Gasteiger partial charge in [0.15, 0.2) is 0 Å². The number of hydrogen-bond acceptors (Lipinski definition) is 6. The van der Waals surface area contributed by atoms with E-state index in [2.05, 4.69) is 5.32 Å². The van der Waals surface area contributed by atoms with Gasteiger partial charge in [-0.05, 0) is 35.9 Å². The molecule has 2 aromatic rings. The molecule has 8 nitrogen and oxygen atoms in total. The summed E-state index contributed by atoms with van der Waals surface area (Å²) >= 11 is 0.